The maximum absolute atomic E-state index is 12.3. The monoisotopic (exact) mass is 244 g/mol. The fraction of sp³-hybridized carbons (Fsp3) is 0.471. The van der Waals surface area contributed by atoms with E-state index in [4.69, 9.17) is 0 Å². The third-order valence-electron chi connectivity index (χ3n) is 3.20. The molecule has 0 aliphatic carbocycles. The summed E-state index contributed by atoms with van der Waals surface area (Å²) in [7, 11) is 0. The lowest BCUT2D eigenvalue weighted by molar-refractivity contribution is -0.120. The van der Waals surface area contributed by atoms with Gasteiger partial charge in [-0.15, -0.1) is 6.58 Å². The lowest BCUT2D eigenvalue weighted by Crippen LogP contribution is -2.13. The van der Waals surface area contributed by atoms with Crippen LogP contribution in [0, 0.1) is 6.92 Å². The lowest BCUT2D eigenvalue weighted by atomic mass is 9.87. The van der Waals surface area contributed by atoms with Gasteiger partial charge < -0.3 is 0 Å². The van der Waals surface area contributed by atoms with E-state index < -0.39 is 0 Å². The van der Waals surface area contributed by atoms with Crippen molar-refractivity contribution in [1.29, 1.82) is 0 Å². The van der Waals surface area contributed by atoms with Crippen molar-refractivity contribution in [3.63, 3.8) is 0 Å². The first-order valence-electron chi connectivity index (χ1n) is 6.78. The second-order valence-corrected chi connectivity index (χ2v) is 5.19. The zero-order valence-electron chi connectivity index (χ0n) is 11.8. The predicted octanol–water partition coefficient (Wildman–Crippen LogP) is 4.80. The molecule has 1 aromatic rings. The quantitative estimate of drug-likeness (QED) is 0.629. The molecule has 0 saturated carbocycles. The first-order valence-corrected chi connectivity index (χ1v) is 6.78. The topological polar surface area (TPSA) is 17.1 Å². The van der Waals surface area contributed by atoms with E-state index in [1.165, 1.54) is 5.56 Å². The second kappa shape index (κ2) is 7.15. The van der Waals surface area contributed by atoms with Gasteiger partial charge in [-0.25, -0.2) is 0 Å². The summed E-state index contributed by atoms with van der Waals surface area (Å²) in [5.74, 6) is 0.346. The number of carbonyl (C=O) groups is 1. The molecule has 0 aliphatic rings. The van der Waals surface area contributed by atoms with Crippen molar-refractivity contribution in [2.24, 2.45) is 0 Å². The van der Waals surface area contributed by atoms with Gasteiger partial charge in [-0.1, -0.05) is 48.7 Å². The molecule has 0 fully saturated rings. The van der Waals surface area contributed by atoms with Crippen LogP contribution in [0.2, 0.25) is 0 Å². The first kappa shape index (κ1) is 14.7. The van der Waals surface area contributed by atoms with E-state index in [1.54, 1.807) is 0 Å². The molecule has 1 heteroatoms. The van der Waals surface area contributed by atoms with Crippen LogP contribution >= 0.6 is 0 Å². The summed E-state index contributed by atoms with van der Waals surface area (Å²) >= 11 is 0. The molecule has 1 atom stereocenters. The zero-order valence-corrected chi connectivity index (χ0v) is 11.8. The second-order valence-electron chi connectivity index (χ2n) is 5.19. The van der Waals surface area contributed by atoms with E-state index in [0.29, 0.717) is 12.2 Å². The molecule has 0 heterocycles. The van der Waals surface area contributed by atoms with Crippen molar-refractivity contribution in [3.05, 3.63) is 47.5 Å². The van der Waals surface area contributed by atoms with Crippen molar-refractivity contribution in [1.82, 2.24) is 0 Å². The smallest absolute Gasteiger partial charge is 0.140 e. The van der Waals surface area contributed by atoms with E-state index in [0.717, 1.165) is 30.4 Å². The molecule has 0 bridgehead atoms. The van der Waals surface area contributed by atoms with Crippen LogP contribution in [0.1, 0.15) is 56.6 Å². The molecule has 0 radical (unpaired) electrons. The predicted molar refractivity (Wildman–Crippen MR) is 77.9 cm³/mol. The Balaban J connectivity index is 2.86. The molecule has 18 heavy (non-hydrogen) atoms. The van der Waals surface area contributed by atoms with Crippen LogP contribution in [0.25, 0.3) is 0 Å². The van der Waals surface area contributed by atoms with Crippen LogP contribution in [0.5, 0.6) is 0 Å². The van der Waals surface area contributed by atoms with Crippen molar-refractivity contribution in [3.8, 4) is 0 Å². The molecule has 1 unspecified atom stereocenters. The van der Waals surface area contributed by atoms with Gasteiger partial charge in [0.05, 0.1) is 0 Å². The highest BCUT2D eigenvalue weighted by atomic mass is 16.1. The molecule has 0 spiro atoms. The largest absolute Gasteiger partial charge is 0.299 e. The van der Waals surface area contributed by atoms with Gasteiger partial charge in [0.15, 0.2) is 0 Å². The maximum atomic E-state index is 12.3. The third-order valence-corrected chi connectivity index (χ3v) is 3.20. The molecule has 0 N–H and O–H groups in total. The number of aryl methyl sites for hydroxylation is 1. The summed E-state index contributed by atoms with van der Waals surface area (Å²) < 4.78 is 0. The Labute approximate surface area is 111 Å². The summed E-state index contributed by atoms with van der Waals surface area (Å²) in [5.41, 5.74) is 3.43. The van der Waals surface area contributed by atoms with Gasteiger partial charge in [-0.2, -0.15) is 0 Å². The number of allylic oxidation sites excluding steroid dienone is 1. The first-order chi connectivity index (χ1) is 8.54. The zero-order chi connectivity index (χ0) is 13.5. The lowest BCUT2D eigenvalue weighted by Gasteiger charge is -2.16. The van der Waals surface area contributed by atoms with Crippen LogP contribution in [-0.4, -0.2) is 5.78 Å². The normalized spacial score (nSPS) is 12.2. The number of hydrogen-bond acceptors (Lipinski definition) is 1. The standard InChI is InChI=1S/C17H24O/c1-5-6-7-17(18)16(12-13(2)3)15-10-8-14(4)9-11-15/h8-11,16H,2,5-7,12H2,1,3-4H3. The van der Waals surface area contributed by atoms with E-state index >= 15 is 0 Å². The van der Waals surface area contributed by atoms with E-state index in [2.05, 4.69) is 44.7 Å². The van der Waals surface area contributed by atoms with E-state index in [1.807, 2.05) is 6.92 Å². The van der Waals surface area contributed by atoms with Gasteiger partial charge in [0, 0.05) is 12.3 Å². The number of ketones is 1. The van der Waals surface area contributed by atoms with Crippen LogP contribution < -0.4 is 0 Å². The maximum Gasteiger partial charge on any atom is 0.140 e. The summed E-state index contributed by atoms with van der Waals surface area (Å²) in [6, 6.07) is 8.31. The Morgan fingerprint density at radius 3 is 2.39 bits per heavy atom. The summed E-state index contributed by atoms with van der Waals surface area (Å²) in [6.07, 6.45) is 3.50. The van der Waals surface area contributed by atoms with Crippen LogP contribution in [0.4, 0.5) is 0 Å². The molecule has 0 saturated heterocycles. The number of Topliss-reactive ketones (excluding diaryl/α,β-unsaturated/α-hetero) is 1. The number of carbonyl (C=O) groups excluding carboxylic acids is 1. The molecule has 1 rings (SSSR count). The minimum absolute atomic E-state index is 0.00495. The average Bonchev–Trinajstić information content (AvgIpc) is 2.34. The minimum atomic E-state index is -0.00495. The average molecular weight is 244 g/mol. The van der Waals surface area contributed by atoms with Gasteiger partial charge in [0.2, 0.25) is 0 Å². The number of unbranched alkanes of at least 4 members (excludes halogenated alkanes) is 1. The van der Waals surface area contributed by atoms with Gasteiger partial charge in [0.25, 0.3) is 0 Å². The summed E-state index contributed by atoms with van der Waals surface area (Å²) in [4.78, 5) is 12.3. The van der Waals surface area contributed by atoms with E-state index in [-0.39, 0.29) is 5.92 Å². The van der Waals surface area contributed by atoms with Crippen molar-refractivity contribution >= 4 is 5.78 Å². The van der Waals surface area contributed by atoms with Crippen molar-refractivity contribution < 1.29 is 4.79 Å². The van der Waals surface area contributed by atoms with Crippen molar-refractivity contribution in [2.45, 2.75) is 52.4 Å². The Kier molecular flexibility index (Phi) is 5.84. The molecule has 1 nitrogen and oxygen atoms in total. The Morgan fingerprint density at radius 1 is 1.28 bits per heavy atom. The molecule has 0 aliphatic heterocycles. The summed E-state index contributed by atoms with van der Waals surface area (Å²) in [5, 5.41) is 0. The SMILES string of the molecule is C=C(C)CC(C(=O)CCCC)c1ccc(C)cc1. The highest BCUT2D eigenvalue weighted by Crippen LogP contribution is 2.26. The highest BCUT2D eigenvalue weighted by Gasteiger charge is 2.19. The van der Waals surface area contributed by atoms with Gasteiger partial charge in [0.1, 0.15) is 5.78 Å². The van der Waals surface area contributed by atoms with Gasteiger partial charge in [-0.3, -0.25) is 4.79 Å². The number of benzene rings is 1. The summed E-state index contributed by atoms with van der Waals surface area (Å²) in [6.45, 7) is 10.1. The fourth-order valence-electron chi connectivity index (χ4n) is 2.09. The van der Waals surface area contributed by atoms with Crippen molar-refractivity contribution in [2.75, 3.05) is 0 Å². The molecular formula is C17H24O. The highest BCUT2D eigenvalue weighted by molar-refractivity contribution is 5.86. The third kappa shape index (κ3) is 4.48. The molecular weight excluding hydrogens is 220 g/mol. The molecule has 1 aromatic carbocycles. The minimum Gasteiger partial charge on any atom is -0.299 e. The van der Waals surface area contributed by atoms with Crippen LogP contribution in [0.3, 0.4) is 0 Å². The Bertz CT molecular complexity index is 400. The molecule has 98 valence electrons. The van der Waals surface area contributed by atoms with E-state index in [9.17, 15) is 4.79 Å². The number of rotatable bonds is 7. The Morgan fingerprint density at radius 2 is 1.89 bits per heavy atom. The van der Waals surface area contributed by atoms with Gasteiger partial charge in [-0.05, 0) is 32.3 Å². The van der Waals surface area contributed by atoms with Crippen LogP contribution in [0.15, 0.2) is 36.4 Å². The van der Waals surface area contributed by atoms with Crippen LogP contribution in [-0.2, 0) is 4.79 Å². The molecule has 0 aromatic heterocycles. The van der Waals surface area contributed by atoms with Gasteiger partial charge >= 0.3 is 0 Å². The fourth-order valence-corrected chi connectivity index (χ4v) is 2.09. The Hall–Kier alpha value is -1.37. The molecule has 0 amide bonds. The number of hydrogen-bond donors (Lipinski definition) is 0.